The lowest BCUT2D eigenvalue weighted by Gasteiger charge is -2.25. The van der Waals surface area contributed by atoms with Crippen molar-refractivity contribution in [1.29, 1.82) is 0 Å². The maximum atomic E-state index is 13.8. The Morgan fingerprint density at radius 3 is 1.91 bits per heavy atom. The molecule has 0 fully saturated rings. The number of hydrogen-bond donors (Lipinski definition) is 2. The Morgan fingerprint density at radius 1 is 0.771 bits per heavy atom. The Morgan fingerprint density at radius 2 is 1.31 bits per heavy atom. The zero-order chi connectivity index (χ0) is 24.1. The minimum Gasteiger partial charge on any atom is -0.493 e. The molecule has 2 aliphatic rings. The van der Waals surface area contributed by atoms with Crippen LogP contribution in [0.25, 0.3) is 10.8 Å². The van der Waals surface area contributed by atoms with Crippen LogP contribution < -0.4 is 11.1 Å². The van der Waals surface area contributed by atoms with Gasteiger partial charge in [-0.2, -0.15) is 9.97 Å². The number of benzene rings is 2. The summed E-state index contributed by atoms with van der Waals surface area (Å²) in [4.78, 5) is 36.3. The van der Waals surface area contributed by atoms with Crippen LogP contribution in [0.2, 0.25) is 0 Å². The average Bonchev–Trinajstić information content (AvgIpc) is 2.87. The zero-order valence-electron chi connectivity index (χ0n) is 18.7. The molecule has 0 amide bonds. The van der Waals surface area contributed by atoms with Gasteiger partial charge in [0.2, 0.25) is 11.8 Å². The highest BCUT2D eigenvalue weighted by molar-refractivity contribution is 7.99. The number of nitrogens with zero attached hydrogens (tertiary/aromatic N) is 4. The van der Waals surface area contributed by atoms with Crippen molar-refractivity contribution < 1.29 is 10.2 Å². The first-order valence-corrected chi connectivity index (χ1v) is 13.4. The van der Waals surface area contributed by atoms with Crippen LogP contribution in [0.15, 0.2) is 62.4 Å². The summed E-state index contributed by atoms with van der Waals surface area (Å²) in [6.07, 6.45) is 1.60. The van der Waals surface area contributed by atoms with Crippen molar-refractivity contribution in [3.63, 3.8) is 0 Å². The van der Waals surface area contributed by atoms with E-state index in [1.54, 1.807) is 9.13 Å². The fraction of sp³-hybridized carbons (Fsp3) is 0.280. The fourth-order valence-corrected chi connectivity index (χ4v) is 6.80. The standard InChI is InChI=1S/C25H22N4O4S2/c30-20-18(22(32)28-10-4-12-34-24(28)26-20)17(16-9-3-7-14-6-1-2-8-15(14)16)19-21(31)27-25-29(23(19)33)11-5-13-35-25/h1-3,6-9,17,30-31H,4-5,10-13H2. The molecule has 0 saturated heterocycles. The summed E-state index contributed by atoms with van der Waals surface area (Å²) < 4.78 is 3.11. The van der Waals surface area contributed by atoms with Crippen molar-refractivity contribution in [2.75, 3.05) is 11.5 Å². The third-order valence-electron chi connectivity index (χ3n) is 6.52. The van der Waals surface area contributed by atoms with E-state index in [1.165, 1.54) is 23.5 Å². The minimum absolute atomic E-state index is 0.0224. The Bertz CT molecular complexity index is 1510. The maximum absolute atomic E-state index is 13.8. The van der Waals surface area contributed by atoms with Gasteiger partial charge in [-0.25, -0.2) is 0 Å². The molecular weight excluding hydrogens is 484 g/mol. The lowest BCUT2D eigenvalue weighted by Crippen LogP contribution is -2.35. The van der Waals surface area contributed by atoms with Gasteiger partial charge >= 0.3 is 0 Å². The summed E-state index contributed by atoms with van der Waals surface area (Å²) in [5, 5.41) is 24.8. The first-order chi connectivity index (χ1) is 17.0. The van der Waals surface area contributed by atoms with E-state index in [4.69, 9.17) is 0 Å². The van der Waals surface area contributed by atoms with Crippen molar-refractivity contribution in [2.24, 2.45) is 0 Å². The van der Waals surface area contributed by atoms with Gasteiger partial charge < -0.3 is 10.2 Å². The van der Waals surface area contributed by atoms with Gasteiger partial charge in [0.1, 0.15) is 0 Å². The predicted molar refractivity (Wildman–Crippen MR) is 136 cm³/mol. The second-order valence-corrected chi connectivity index (χ2v) is 10.7. The molecule has 8 nitrogen and oxygen atoms in total. The van der Waals surface area contributed by atoms with Gasteiger partial charge in [0.15, 0.2) is 10.3 Å². The van der Waals surface area contributed by atoms with Crippen LogP contribution in [0.1, 0.15) is 35.4 Å². The fourth-order valence-electron chi connectivity index (χ4n) is 4.93. The maximum Gasteiger partial charge on any atom is 0.262 e. The van der Waals surface area contributed by atoms with E-state index in [0.29, 0.717) is 29.0 Å². The van der Waals surface area contributed by atoms with Gasteiger partial charge in [-0.1, -0.05) is 66.0 Å². The van der Waals surface area contributed by atoms with E-state index in [-0.39, 0.29) is 11.1 Å². The molecule has 6 rings (SSSR count). The largest absolute Gasteiger partial charge is 0.493 e. The summed E-state index contributed by atoms with van der Waals surface area (Å²) >= 11 is 2.84. The van der Waals surface area contributed by atoms with Crippen molar-refractivity contribution in [2.45, 2.75) is 42.2 Å². The number of fused-ring (bicyclic) bond motifs is 3. The van der Waals surface area contributed by atoms with Gasteiger partial charge in [-0.15, -0.1) is 0 Å². The molecule has 0 bridgehead atoms. The number of aromatic nitrogens is 4. The van der Waals surface area contributed by atoms with Gasteiger partial charge in [0.25, 0.3) is 11.1 Å². The van der Waals surface area contributed by atoms with E-state index in [2.05, 4.69) is 9.97 Å². The van der Waals surface area contributed by atoms with Crippen molar-refractivity contribution in [1.82, 2.24) is 19.1 Å². The van der Waals surface area contributed by atoms with Crippen molar-refractivity contribution in [3.05, 3.63) is 79.9 Å². The molecule has 2 aromatic carbocycles. The molecular formula is C25H22N4O4S2. The number of rotatable bonds is 3. The average molecular weight is 507 g/mol. The van der Waals surface area contributed by atoms with Crippen LogP contribution in [0.4, 0.5) is 0 Å². The minimum atomic E-state index is -1.05. The molecule has 0 atom stereocenters. The number of thioether (sulfide) groups is 2. The van der Waals surface area contributed by atoms with Gasteiger partial charge in [0, 0.05) is 24.6 Å². The smallest absolute Gasteiger partial charge is 0.262 e. The van der Waals surface area contributed by atoms with Crippen LogP contribution >= 0.6 is 23.5 Å². The van der Waals surface area contributed by atoms with Gasteiger partial charge in [-0.3, -0.25) is 18.7 Å². The second kappa shape index (κ2) is 8.76. The lowest BCUT2D eigenvalue weighted by molar-refractivity contribution is 0.407. The Kier molecular flexibility index (Phi) is 5.57. The molecule has 4 heterocycles. The van der Waals surface area contributed by atoms with Crippen molar-refractivity contribution in [3.8, 4) is 11.8 Å². The normalized spacial score (nSPS) is 15.2. The first kappa shape index (κ1) is 22.2. The molecule has 0 unspecified atom stereocenters. The van der Waals surface area contributed by atoms with Gasteiger partial charge in [-0.05, 0) is 29.2 Å². The van der Waals surface area contributed by atoms with E-state index >= 15 is 0 Å². The third kappa shape index (κ3) is 3.63. The predicted octanol–water partition coefficient (Wildman–Crippen LogP) is 3.54. The summed E-state index contributed by atoms with van der Waals surface area (Å²) in [5.74, 6) is -0.275. The SMILES string of the molecule is O=c1c(C(c2c(O)nc3n(c2=O)CCCS3)c2cccc3ccccc23)c(O)nc2n1CCCS2. The topological polar surface area (TPSA) is 110 Å². The van der Waals surface area contributed by atoms with Crippen LogP contribution in [-0.4, -0.2) is 40.8 Å². The summed E-state index contributed by atoms with van der Waals surface area (Å²) in [6.45, 7) is 0.960. The first-order valence-electron chi connectivity index (χ1n) is 11.4. The molecule has 4 aromatic rings. The Balaban J connectivity index is 1.71. The highest BCUT2D eigenvalue weighted by atomic mass is 32.2. The van der Waals surface area contributed by atoms with E-state index in [9.17, 15) is 19.8 Å². The molecule has 2 aliphatic heterocycles. The zero-order valence-corrected chi connectivity index (χ0v) is 20.3. The number of aromatic hydroxyl groups is 2. The van der Waals surface area contributed by atoms with Crippen LogP contribution in [0, 0.1) is 0 Å². The third-order valence-corrected chi connectivity index (χ3v) is 8.65. The summed E-state index contributed by atoms with van der Waals surface area (Å²) in [7, 11) is 0. The highest BCUT2D eigenvalue weighted by Gasteiger charge is 2.34. The monoisotopic (exact) mass is 506 g/mol. The van der Waals surface area contributed by atoms with Crippen LogP contribution in [0.5, 0.6) is 11.8 Å². The Hall–Kier alpha value is -3.24. The lowest BCUT2D eigenvalue weighted by atomic mass is 9.84. The molecule has 35 heavy (non-hydrogen) atoms. The quantitative estimate of drug-likeness (QED) is 0.406. The molecule has 0 radical (unpaired) electrons. The van der Waals surface area contributed by atoms with E-state index in [0.717, 1.165) is 35.1 Å². The molecule has 2 aromatic heterocycles. The molecule has 2 N–H and O–H groups in total. The molecule has 0 aliphatic carbocycles. The Labute approximate surface area is 208 Å². The second-order valence-electron chi connectivity index (χ2n) is 8.58. The van der Waals surface area contributed by atoms with Crippen molar-refractivity contribution >= 4 is 34.3 Å². The van der Waals surface area contributed by atoms with E-state index in [1.807, 2.05) is 42.5 Å². The molecule has 10 heteroatoms. The van der Waals surface area contributed by atoms with Crippen LogP contribution in [-0.2, 0) is 13.1 Å². The summed E-state index contributed by atoms with van der Waals surface area (Å²) in [5.41, 5.74) is -0.238. The van der Waals surface area contributed by atoms with E-state index < -0.39 is 28.8 Å². The summed E-state index contributed by atoms with van der Waals surface area (Å²) in [6, 6.07) is 13.3. The highest BCUT2D eigenvalue weighted by Crippen LogP contribution is 2.40. The van der Waals surface area contributed by atoms with Crippen LogP contribution in [0.3, 0.4) is 0 Å². The molecule has 178 valence electrons. The number of hydrogen-bond acceptors (Lipinski definition) is 8. The molecule has 0 saturated carbocycles. The molecule has 0 spiro atoms. The van der Waals surface area contributed by atoms with Gasteiger partial charge in [0.05, 0.1) is 17.0 Å².